The third-order valence-electron chi connectivity index (χ3n) is 1.95. The second-order valence-electron chi connectivity index (χ2n) is 3.38. The van der Waals surface area contributed by atoms with Gasteiger partial charge in [-0.1, -0.05) is 36.8 Å². The van der Waals surface area contributed by atoms with Crippen molar-refractivity contribution in [3.05, 3.63) is 35.4 Å². The first-order valence-electron chi connectivity index (χ1n) is 4.95. The van der Waals surface area contributed by atoms with Crippen LogP contribution in [0.5, 0.6) is 0 Å². The van der Waals surface area contributed by atoms with Gasteiger partial charge in [-0.3, -0.25) is 4.79 Å². The largest absolute Gasteiger partial charge is 0.414 e. The normalized spacial score (nSPS) is 9.73. The summed E-state index contributed by atoms with van der Waals surface area (Å²) in [6.07, 6.45) is 1.18. The summed E-state index contributed by atoms with van der Waals surface area (Å²) in [5.74, 6) is -0.261. The van der Waals surface area contributed by atoms with Gasteiger partial charge in [-0.25, -0.2) is 0 Å². The lowest BCUT2D eigenvalue weighted by Gasteiger charge is -2.05. The first kappa shape index (κ1) is 11.9. The van der Waals surface area contributed by atoms with Gasteiger partial charge in [0.1, 0.15) is 0 Å². The fourth-order valence-corrected chi connectivity index (χ4v) is 1.34. The zero-order valence-corrected chi connectivity index (χ0v) is 9.76. The van der Waals surface area contributed by atoms with Crippen molar-refractivity contribution in [3.8, 4) is 0 Å². The molecule has 0 atom stereocenters. The first-order valence-corrected chi connectivity index (χ1v) is 5.36. The van der Waals surface area contributed by atoms with Crippen LogP contribution in [0.1, 0.15) is 30.9 Å². The van der Waals surface area contributed by atoms with Crippen molar-refractivity contribution in [2.75, 3.05) is 0 Å². The highest BCUT2D eigenvalue weighted by molar-refractivity contribution is 7.80. The fourth-order valence-electron chi connectivity index (χ4n) is 1.11. The van der Waals surface area contributed by atoms with E-state index in [-0.39, 0.29) is 11.0 Å². The minimum absolute atomic E-state index is 0.258. The van der Waals surface area contributed by atoms with Gasteiger partial charge in [-0.15, -0.1) is 0 Å². The van der Waals surface area contributed by atoms with Crippen LogP contribution in [-0.4, -0.2) is 11.0 Å². The van der Waals surface area contributed by atoms with Gasteiger partial charge in [0.25, 0.3) is 0 Å². The van der Waals surface area contributed by atoms with Crippen LogP contribution in [0.15, 0.2) is 24.3 Å². The van der Waals surface area contributed by atoms with E-state index in [9.17, 15) is 4.79 Å². The van der Waals surface area contributed by atoms with E-state index in [1.165, 1.54) is 0 Å². The summed E-state index contributed by atoms with van der Waals surface area (Å²) in [5, 5.41) is 0.258. The van der Waals surface area contributed by atoms with Gasteiger partial charge in [-0.2, -0.15) is 0 Å². The summed E-state index contributed by atoms with van der Waals surface area (Å²) >= 11 is 5.01. The minimum Gasteiger partial charge on any atom is -0.414 e. The van der Waals surface area contributed by atoms with Crippen LogP contribution in [0.2, 0.25) is 0 Å². The van der Waals surface area contributed by atoms with E-state index in [1.54, 1.807) is 0 Å². The molecule has 1 aromatic carbocycles. The predicted octanol–water partition coefficient (Wildman–Crippen LogP) is 3.01. The number of thiocarbonyl (C=S) groups is 1. The number of esters is 1. The Bertz CT molecular complexity index is 354. The summed E-state index contributed by atoms with van der Waals surface area (Å²) in [6, 6.07) is 7.60. The second-order valence-corrected chi connectivity index (χ2v) is 3.75. The molecule has 0 aliphatic carbocycles. The second kappa shape index (κ2) is 5.61. The molecule has 15 heavy (non-hydrogen) atoms. The monoisotopic (exact) mass is 222 g/mol. The number of carbonyl (C=O) groups is 1. The third kappa shape index (κ3) is 3.80. The zero-order chi connectivity index (χ0) is 11.3. The van der Waals surface area contributed by atoms with E-state index in [2.05, 4.69) is 0 Å². The molecule has 0 aliphatic heterocycles. The highest BCUT2D eigenvalue weighted by atomic mass is 32.1. The molecule has 0 aliphatic rings. The maximum atomic E-state index is 11.2. The number of rotatable bonds is 3. The van der Waals surface area contributed by atoms with Crippen LogP contribution in [0.25, 0.3) is 0 Å². The zero-order valence-electron chi connectivity index (χ0n) is 8.95. The summed E-state index contributed by atoms with van der Waals surface area (Å²) < 4.78 is 5.01. The Morgan fingerprint density at radius 1 is 1.33 bits per heavy atom. The van der Waals surface area contributed by atoms with Crippen LogP contribution >= 0.6 is 12.2 Å². The standard InChI is InChI=1S/C12H14O2S/c1-3-4-11(13)14-12(15)10-7-5-9(2)6-8-10/h5-8H,3-4H2,1-2H3. The van der Waals surface area contributed by atoms with Crippen LogP contribution in [-0.2, 0) is 9.53 Å². The number of benzene rings is 1. The van der Waals surface area contributed by atoms with E-state index in [4.69, 9.17) is 17.0 Å². The van der Waals surface area contributed by atoms with Gasteiger partial charge in [0.15, 0.2) is 0 Å². The van der Waals surface area contributed by atoms with E-state index >= 15 is 0 Å². The lowest BCUT2D eigenvalue weighted by molar-refractivity contribution is -0.135. The molecule has 0 unspecified atom stereocenters. The fraction of sp³-hybridized carbons (Fsp3) is 0.333. The number of hydrogen-bond donors (Lipinski definition) is 0. The topological polar surface area (TPSA) is 26.3 Å². The Morgan fingerprint density at radius 2 is 1.93 bits per heavy atom. The van der Waals surface area contributed by atoms with Crippen molar-refractivity contribution < 1.29 is 9.53 Å². The summed E-state index contributed by atoms with van der Waals surface area (Å²) in [7, 11) is 0. The summed E-state index contributed by atoms with van der Waals surface area (Å²) in [4.78, 5) is 11.2. The SMILES string of the molecule is CCCC(=O)OC(=S)c1ccc(C)cc1. The Balaban J connectivity index is 2.61. The molecule has 2 nitrogen and oxygen atoms in total. The molecule has 0 amide bonds. The number of hydrogen-bond acceptors (Lipinski definition) is 3. The molecule has 0 spiro atoms. The van der Waals surface area contributed by atoms with Gasteiger partial charge in [0, 0.05) is 12.0 Å². The highest BCUT2D eigenvalue weighted by Gasteiger charge is 2.07. The lowest BCUT2D eigenvalue weighted by atomic mass is 10.2. The molecule has 80 valence electrons. The van der Waals surface area contributed by atoms with Crippen LogP contribution in [0.4, 0.5) is 0 Å². The van der Waals surface area contributed by atoms with Crippen molar-refractivity contribution in [2.45, 2.75) is 26.7 Å². The molecular formula is C12H14O2S. The number of aryl methyl sites for hydroxylation is 1. The number of ether oxygens (including phenoxy) is 1. The molecule has 0 saturated heterocycles. The van der Waals surface area contributed by atoms with E-state index in [0.717, 1.165) is 17.5 Å². The first-order chi connectivity index (χ1) is 7.13. The lowest BCUT2D eigenvalue weighted by Crippen LogP contribution is -2.10. The molecule has 0 bridgehead atoms. The van der Waals surface area contributed by atoms with Gasteiger partial charge in [0.2, 0.25) is 5.05 Å². The van der Waals surface area contributed by atoms with Crippen molar-refractivity contribution >= 4 is 23.2 Å². The van der Waals surface area contributed by atoms with E-state index in [1.807, 2.05) is 38.1 Å². The quantitative estimate of drug-likeness (QED) is 0.581. The van der Waals surface area contributed by atoms with Crippen molar-refractivity contribution in [2.24, 2.45) is 0 Å². The Hall–Kier alpha value is -1.22. The summed E-state index contributed by atoms with van der Waals surface area (Å²) in [6.45, 7) is 3.92. The molecule has 0 fully saturated rings. The molecular weight excluding hydrogens is 208 g/mol. The Kier molecular flexibility index (Phi) is 4.43. The van der Waals surface area contributed by atoms with Gasteiger partial charge in [0.05, 0.1) is 0 Å². The smallest absolute Gasteiger partial charge is 0.312 e. The maximum Gasteiger partial charge on any atom is 0.312 e. The van der Waals surface area contributed by atoms with Gasteiger partial charge in [-0.05, 0) is 25.6 Å². The van der Waals surface area contributed by atoms with Crippen molar-refractivity contribution in [1.82, 2.24) is 0 Å². The van der Waals surface area contributed by atoms with Crippen molar-refractivity contribution in [1.29, 1.82) is 0 Å². The molecule has 0 radical (unpaired) electrons. The average molecular weight is 222 g/mol. The van der Waals surface area contributed by atoms with Gasteiger partial charge < -0.3 is 4.74 Å². The van der Waals surface area contributed by atoms with Crippen LogP contribution in [0, 0.1) is 6.92 Å². The van der Waals surface area contributed by atoms with Crippen molar-refractivity contribution in [3.63, 3.8) is 0 Å². The third-order valence-corrected chi connectivity index (χ3v) is 2.27. The molecule has 0 N–H and O–H groups in total. The van der Waals surface area contributed by atoms with E-state index in [0.29, 0.717) is 6.42 Å². The average Bonchev–Trinajstić information content (AvgIpc) is 2.18. The maximum absolute atomic E-state index is 11.2. The van der Waals surface area contributed by atoms with E-state index < -0.39 is 0 Å². The van der Waals surface area contributed by atoms with Crippen LogP contribution in [0.3, 0.4) is 0 Å². The molecule has 0 aromatic heterocycles. The molecule has 1 aromatic rings. The molecule has 0 saturated carbocycles. The highest BCUT2D eigenvalue weighted by Crippen LogP contribution is 2.07. The predicted molar refractivity (Wildman–Crippen MR) is 63.9 cm³/mol. The molecule has 1 rings (SSSR count). The Morgan fingerprint density at radius 3 is 2.47 bits per heavy atom. The summed E-state index contributed by atoms with van der Waals surface area (Å²) in [5.41, 5.74) is 1.93. The molecule has 0 heterocycles. The minimum atomic E-state index is -0.261. The van der Waals surface area contributed by atoms with Crippen LogP contribution < -0.4 is 0 Å². The molecule has 3 heteroatoms. The Labute approximate surface area is 95.3 Å². The van der Waals surface area contributed by atoms with Gasteiger partial charge >= 0.3 is 5.97 Å². The number of carbonyl (C=O) groups excluding carboxylic acids is 1.